The van der Waals surface area contributed by atoms with Crippen LogP contribution in [0.15, 0.2) is 60.7 Å². The summed E-state index contributed by atoms with van der Waals surface area (Å²) in [6.07, 6.45) is 0.0967. The topological polar surface area (TPSA) is 92.2 Å². The van der Waals surface area contributed by atoms with Crippen LogP contribution in [0.25, 0.3) is 0 Å². The number of aliphatic hydroxyl groups excluding tert-OH is 1. The van der Waals surface area contributed by atoms with Crippen molar-refractivity contribution in [2.75, 3.05) is 25.8 Å². The Morgan fingerprint density at radius 2 is 1.73 bits per heavy atom. The minimum Gasteiger partial charge on any atom is -0.506 e. The van der Waals surface area contributed by atoms with E-state index >= 15 is 0 Å². The zero-order valence-corrected chi connectivity index (χ0v) is 18.9. The molecule has 1 aliphatic heterocycles. The van der Waals surface area contributed by atoms with Crippen LogP contribution in [-0.2, 0) is 13.0 Å². The monoisotopic (exact) mass is 450 g/mol. The van der Waals surface area contributed by atoms with Gasteiger partial charge in [-0.15, -0.1) is 0 Å². The zero-order valence-electron chi connectivity index (χ0n) is 18.9. The fourth-order valence-electron chi connectivity index (χ4n) is 3.77. The number of ether oxygens (including phenoxy) is 3. The smallest absolute Gasteiger partial charge is 0.231 e. The van der Waals surface area contributed by atoms with Gasteiger partial charge in [0.05, 0.1) is 18.9 Å². The molecule has 7 heteroatoms. The van der Waals surface area contributed by atoms with Gasteiger partial charge in [-0.2, -0.15) is 0 Å². The number of phenols is 1. The summed E-state index contributed by atoms with van der Waals surface area (Å²) < 4.78 is 16.0. The van der Waals surface area contributed by atoms with Gasteiger partial charge in [0, 0.05) is 19.1 Å². The molecule has 0 amide bonds. The Bertz CT molecular complexity index is 1070. The number of aromatic hydroxyl groups is 1. The summed E-state index contributed by atoms with van der Waals surface area (Å²) in [5.41, 5.74) is 3.51. The fourth-order valence-corrected chi connectivity index (χ4v) is 3.77. The van der Waals surface area contributed by atoms with E-state index in [1.807, 2.05) is 42.5 Å². The third-order valence-corrected chi connectivity index (χ3v) is 5.69. The molecule has 174 valence electrons. The molecule has 33 heavy (non-hydrogen) atoms. The van der Waals surface area contributed by atoms with Gasteiger partial charge < -0.3 is 35.1 Å². The number of nitrogens with one attached hydrogen (secondary N) is 2. The normalized spacial score (nSPS) is 14.0. The van der Waals surface area contributed by atoms with Gasteiger partial charge in [-0.05, 0) is 66.4 Å². The number of phenolic OH excluding ortho intramolecular Hbond substituents is 1. The molecule has 3 aromatic rings. The third-order valence-electron chi connectivity index (χ3n) is 5.69. The van der Waals surface area contributed by atoms with Crippen LogP contribution in [0.4, 0.5) is 5.69 Å². The first-order valence-corrected chi connectivity index (χ1v) is 11.0. The van der Waals surface area contributed by atoms with Gasteiger partial charge in [-0.3, -0.25) is 0 Å². The van der Waals surface area contributed by atoms with Gasteiger partial charge in [-0.1, -0.05) is 24.3 Å². The highest BCUT2D eigenvalue weighted by Gasteiger charge is 2.16. The molecule has 0 unspecified atom stereocenters. The van der Waals surface area contributed by atoms with E-state index in [2.05, 4.69) is 17.6 Å². The van der Waals surface area contributed by atoms with Crippen molar-refractivity contribution in [1.82, 2.24) is 5.32 Å². The van der Waals surface area contributed by atoms with Crippen LogP contribution in [0.1, 0.15) is 29.7 Å². The molecule has 1 heterocycles. The van der Waals surface area contributed by atoms with Gasteiger partial charge in [0.2, 0.25) is 6.79 Å². The molecular weight excluding hydrogens is 420 g/mol. The maximum absolute atomic E-state index is 10.7. The quantitative estimate of drug-likeness (QED) is 0.347. The standard InChI is InChI=1S/C26H30N2O5/c1-17(11-19-5-10-25-26(12-19)33-16-32-25)27-15-24(30)20-6-9-23(29)22(13-20)28-14-18-3-7-21(31-2)8-4-18/h3-10,12-13,17,24,27-30H,11,14-16H2,1-2H3/t17-,24-/m0/s1. The lowest BCUT2D eigenvalue weighted by molar-refractivity contribution is 0.170. The molecule has 0 aromatic heterocycles. The van der Waals surface area contributed by atoms with E-state index in [4.69, 9.17) is 14.2 Å². The first-order chi connectivity index (χ1) is 16.0. The summed E-state index contributed by atoms with van der Waals surface area (Å²) in [4.78, 5) is 0. The summed E-state index contributed by atoms with van der Waals surface area (Å²) in [6.45, 7) is 3.29. The predicted molar refractivity (Wildman–Crippen MR) is 127 cm³/mol. The summed E-state index contributed by atoms with van der Waals surface area (Å²) in [6, 6.07) is 19.0. The lowest BCUT2D eigenvalue weighted by Crippen LogP contribution is -2.32. The first-order valence-electron chi connectivity index (χ1n) is 11.0. The van der Waals surface area contributed by atoms with E-state index < -0.39 is 6.10 Å². The van der Waals surface area contributed by atoms with E-state index in [9.17, 15) is 10.2 Å². The van der Waals surface area contributed by atoms with Gasteiger partial charge in [0.15, 0.2) is 11.5 Å². The predicted octanol–water partition coefficient (Wildman–Crippen LogP) is 4.00. The van der Waals surface area contributed by atoms with E-state index in [1.54, 1.807) is 25.3 Å². The molecule has 7 nitrogen and oxygen atoms in total. The summed E-state index contributed by atoms with van der Waals surface area (Å²) in [5, 5.41) is 27.5. The van der Waals surface area contributed by atoms with Gasteiger partial charge in [-0.25, -0.2) is 0 Å². The largest absolute Gasteiger partial charge is 0.506 e. The molecule has 2 atom stereocenters. The fraction of sp³-hybridized carbons (Fsp3) is 0.308. The number of benzene rings is 3. The lowest BCUT2D eigenvalue weighted by Gasteiger charge is -2.19. The van der Waals surface area contributed by atoms with E-state index in [0.29, 0.717) is 18.8 Å². The van der Waals surface area contributed by atoms with Crippen molar-refractivity contribution in [1.29, 1.82) is 0 Å². The zero-order chi connectivity index (χ0) is 23.2. The van der Waals surface area contributed by atoms with Crippen molar-refractivity contribution in [3.05, 3.63) is 77.4 Å². The van der Waals surface area contributed by atoms with E-state index in [-0.39, 0.29) is 18.6 Å². The second-order valence-corrected chi connectivity index (χ2v) is 8.20. The van der Waals surface area contributed by atoms with Gasteiger partial charge in [0.1, 0.15) is 11.5 Å². The Balaban J connectivity index is 1.30. The van der Waals surface area contributed by atoms with Crippen LogP contribution < -0.4 is 24.8 Å². The molecule has 1 aliphatic rings. The van der Waals surface area contributed by atoms with Crippen molar-refractivity contribution in [2.45, 2.75) is 32.0 Å². The van der Waals surface area contributed by atoms with E-state index in [1.165, 1.54) is 0 Å². The van der Waals surface area contributed by atoms with Crippen molar-refractivity contribution >= 4 is 5.69 Å². The van der Waals surface area contributed by atoms with Crippen LogP contribution in [0.3, 0.4) is 0 Å². The van der Waals surface area contributed by atoms with Gasteiger partial charge in [0.25, 0.3) is 0 Å². The molecule has 0 radical (unpaired) electrons. The van der Waals surface area contributed by atoms with Crippen molar-refractivity contribution in [3.8, 4) is 23.0 Å². The average molecular weight is 451 g/mol. The molecule has 0 spiro atoms. The molecule has 0 aliphatic carbocycles. The highest BCUT2D eigenvalue weighted by atomic mass is 16.7. The molecule has 3 aromatic carbocycles. The molecule has 0 saturated carbocycles. The van der Waals surface area contributed by atoms with Crippen molar-refractivity contribution in [2.24, 2.45) is 0 Å². The van der Waals surface area contributed by atoms with Crippen LogP contribution >= 0.6 is 0 Å². The molecule has 0 fully saturated rings. The maximum Gasteiger partial charge on any atom is 0.231 e. The van der Waals surface area contributed by atoms with Gasteiger partial charge >= 0.3 is 0 Å². The number of methoxy groups -OCH3 is 1. The Kier molecular flexibility index (Phi) is 7.22. The Morgan fingerprint density at radius 1 is 0.970 bits per heavy atom. The third kappa shape index (κ3) is 5.88. The average Bonchev–Trinajstić information content (AvgIpc) is 3.30. The number of hydrogen-bond donors (Lipinski definition) is 4. The Morgan fingerprint density at radius 3 is 2.52 bits per heavy atom. The second-order valence-electron chi connectivity index (χ2n) is 8.20. The molecule has 4 rings (SSSR count). The Hall–Kier alpha value is -3.42. The first kappa shape index (κ1) is 22.8. The minimum absolute atomic E-state index is 0.142. The van der Waals surface area contributed by atoms with Crippen LogP contribution in [0, 0.1) is 0 Å². The number of anilines is 1. The summed E-state index contributed by atoms with van der Waals surface area (Å²) in [7, 11) is 1.63. The second kappa shape index (κ2) is 10.5. The highest BCUT2D eigenvalue weighted by Crippen LogP contribution is 2.33. The van der Waals surface area contributed by atoms with Crippen LogP contribution in [0.2, 0.25) is 0 Å². The van der Waals surface area contributed by atoms with Crippen molar-refractivity contribution in [3.63, 3.8) is 0 Å². The maximum atomic E-state index is 10.7. The number of fused-ring (bicyclic) bond motifs is 1. The van der Waals surface area contributed by atoms with Crippen LogP contribution in [0.5, 0.6) is 23.0 Å². The number of hydrogen-bond acceptors (Lipinski definition) is 7. The molecule has 4 N–H and O–H groups in total. The highest BCUT2D eigenvalue weighted by molar-refractivity contribution is 5.58. The summed E-state index contributed by atoms with van der Waals surface area (Å²) >= 11 is 0. The number of rotatable bonds is 10. The lowest BCUT2D eigenvalue weighted by atomic mass is 10.0. The minimum atomic E-state index is -0.702. The molecule has 0 saturated heterocycles. The van der Waals surface area contributed by atoms with Crippen LogP contribution in [-0.4, -0.2) is 36.7 Å². The van der Waals surface area contributed by atoms with Crippen molar-refractivity contribution < 1.29 is 24.4 Å². The van der Waals surface area contributed by atoms with E-state index in [0.717, 1.165) is 40.4 Å². The molecule has 0 bridgehead atoms. The Labute approximate surface area is 193 Å². The summed E-state index contributed by atoms with van der Waals surface area (Å²) in [5.74, 6) is 2.49. The molecular formula is C26H30N2O5. The SMILES string of the molecule is COc1ccc(CNc2cc([C@@H](O)CN[C@@H](C)Cc3ccc4c(c3)OCO4)ccc2O)cc1. The number of aliphatic hydroxyl groups is 1.